The molecule has 0 bridgehead atoms. The zero-order valence-electron chi connectivity index (χ0n) is 9.99. The standard InChI is InChI=1S/C13H14Br2N2S/c1-2-17-11(12-3-4-13(15)18-12)6-9-5-10(14)8-16-7-9/h3-5,7-8,11,17H,2,6H2,1H3. The van der Waals surface area contributed by atoms with Crippen LogP contribution >= 0.6 is 43.2 Å². The zero-order valence-corrected chi connectivity index (χ0v) is 14.0. The van der Waals surface area contributed by atoms with E-state index in [1.165, 1.54) is 14.2 Å². The van der Waals surface area contributed by atoms with Gasteiger partial charge in [0, 0.05) is 27.8 Å². The van der Waals surface area contributed by atoms with Crippen molar-refractivity contribution in [1.82, 2.24) is 10.3 Å². The van der Waals surface area contributed by atoms with E-state index in [1.54, 1.807) is 11.3 Å². The van der Waals surface area contributed by atoms with Crippen molar-refractivity contribution in [1.29, 1.82) is 0 Å². The third kappa shape index (κ3) is 3.88. The number of pyridine rings is 1. The van der Waals surface area contributed by atoms with Gasteiger partial charge < -0.3 is 5.32 Å². The van der Waals surface area contributed by atoms with Crippen LogP contribution in [0.25, 0.3) is 0 Å². The Labute approximate surface area is 128 Å². The predicted molar refractivity (Wildman–Crippen MR) is 84.1 cm³/mol. The zero-order chi connectivity index (χ0) is 13.0. The first kappa shape index (κ1) is 14.2. The Morgan fingerprint density at radius 2 is 2.17 bits per heavy atom. The molecule has 0 spiro atoms. The van der Waals surface area contributed by atoms with Gasteiger partial charge in [0.25, 0.3) is 0 Å². The summed E-state index contributed by atoms with van der Waals surface area (Å²) < 4.78 is 2.20. The Morgan fingerprint density at radius 1 is 1.33 bits per heavy atom. The summed E-state index contributed by atoms with van der Waals surface area (Å²) >= 11 is 8.76. The Balaban J connectivity index is 2.16. The Bertz CT molecular complexity index is 513. The van der Waals surface area contributed by atoms with Crippen molar-refractivity contribution in [3.63, 3.8) is 0 Å². The quantitative estimate of drug-likeness (QED) is 0.810. The van der Waals surface area contributed by atoms with E-state index < -0.39 is 0 Å². The molecule has 2 rings (SSSR count). The second-order valence-corrected chi connectivity index (χ2v) is 7.38. The number of halogens is 2. The number of likely N-dealkylation sites (N-methyl/N-ethyl adjacent to an activating group) is 1. The number of hydrogen-bond acceptors (Lipinski definition) is 3. The normalized spacial score (nSPS) is 12.6. The maximum Gasteiger partial charge on any atom is 0.0701 e. The van der Waals surface area contributed by atoms with E-state index >= 15 is 0 Å². The number of rotatable bonds is 5. The minimum Gasteiger partial charge on any atom is -0.309 e. The van der Waals surface area contributed by atoms with E-state index in [0.717, 1.165) is 17.4 Å². The molecule has 2 heterocycles. The summed E-state index contributed by atoms with van der Waals surface area (Å²) in [7, 11) is 0. The number of thiophene rings is 1. The van der Waals surface area contributed by atoms with Crippen molar-refractivity contribution < 1.29 is 0 Å². The summed E-state index contributed by atoms with van der Waals surface area (Å²) in [5.74, 6) is 0. The predicted octanol–water partition coefficient (Wildman–Crippen LogP) is 4.56. The van der Waals surface area contributed by atoms with Gasteiger partial charge in [-0.15, -0.1) is 11.3 Å². The molecule has 0 radical (unpaired) electrons. The van der Waals surface area contributed by atoms with Crippen LogP contribution in [0.2, 0.25) is 0 Å². The first-order valence-corrected chi connectivity index (χ1v) is 8.17. The molecular weight excluding hydrogens is 376 g/mol. The van der Waals surface area contributed by atoms with Gasteiger partial charge in [0.2, 0.25) is 0 Å². The highest BCUT2D eigenvalue weighted by molar-refractivity contribution is 9.11. The minimum atomic E-state index is 0.349. The van der Waals surface area contributed by atoms with Gasteiger partial charge in [-0.2, -0.15) is 0 Å². The lowest BCUT2D eigenvalue weighted by Crippen LogP contribution is -2.22. The van der Waals surface area contributed by atoms with Crippen LogP contribution in [0, 0.1) is 0 Å². The summed E-state index contributed by atoms with van der Waals surface area (Å²) in [6.45, 7) is 3.09. The minimum absolute atomic E-state index is 0.349. The highest BCUT2D eigenvalue weighted by Crippen LogP contribution is 2.29. The molecule has 1 N–H and O–H groups in total. The van der Waals surface area contributed by atoms with Gasteiger partial charge in [0.1, 0.15) is 0 Å². The summed E-state index contributed by atoms with van der Waals surface area (Å²) in [6.07, 6.45) is 4.69. The van der Waals surface area contributed by atoms with Crippen molar-refractivity contribution >= 4 is 43.2 Å². The monoisotopic (exact) mass is 388 g/mol. The fraction of sp³-hybridized carbons (Fsp3) is 0.308. The average molecular weight is 390 g/mol. The molecule has 96 valence electrons. The van der Waals surface area contributed by atoms with Gasteiger partial charge in [0.05, 0.1) is 3.79 Å². The van der Waals surface area contributed by atoms with Crippen LogP contribution in [-0.2, 0) is 6.42 Å². The van der Waals surface area contributed by atoms with Crippen LogP contribution in [0.15, 0.2) is 38.9 Å². The first-order chi connectivity index (χ1) is 8.69. The van der Waals surface area contributed by atoms with E-state index in [4.69, 9.17) is 0 Å². The highest BCUT2D eigenvalue weighted by atomic mass is 79.9. The fourth-order valence-corrected chi connectivity index (χ4v) is 3.75. The molecule has 5 heteroatoms. The van der Waals surface area contributed by atoms with E-state index in [0.29, 0.717) is 6.04 Å². The third-order valence-corrected chi connectivity index (χ3v) is 4.76. The van der Waals surface area contributed by atoms with Crippen LogP contribution in [0.1, 0.15) is 23.4 Å². The van der Waals surface area contributed by atoms with Crippen LogP contribution in [0.4, 0.5) is 0 Å². The molecule has 0 fully saturated rings. The van der Waals surface area contributed by atoms with Gasteiger partial charge in [-0.05, 0) is 68.6 Å². The van der Waals surface area contributed by atoms with Crippen molar-refractivity contribution in [3.05, 3.63) is 49.3 Å². The molecule has 0 aliphatic heterocycles. The van der Waals surface area contributed by atoms with Crippen molar-refractivity contribution in [2.75, 3.05) is 6.54 Å². The van der Waals surface area contributed by atoms with Gasteiger partial charge in [-0.25, -0.2) is 0 Å². The topological polar surface area (TPSA) is 24.9 Å². The lowest BCUT2D eigenvalue weighted by atomic mass is 10.1. The molecule has 2 aromatic rings. The molecule has 0 aromatic carbocycles. The maximum atomic E-state index is 4.22. The van der Waals surface area contributed by atoms with Crippen molar-refractivity contribution in [2.45, 2.75) is 19.4 Å². The smallest absolute Gasteiger partial charge is 0.0701 e. The van der Waals surface area contributed by atoms with Gasteiger partial charge in [0.15, 0.2) is 0 Å². The number of hydrogen-bond donors (Lipinski definition) is 1. The lowest BCUT2D eigenvalue weighted by molar-refractivity contribution is 0.557. The van der Waals surface area contributed by atoms with E-state index in [-0.39, 0.29) is 0 Å². The lowest BCUT2D eigenvalue weighted by Gasteiger charge is -2.16. The fourth-order valence-electron chi connectivity index (χ4n) is 1.84. The Kier molecular flexibility index (Phi) is 5.36. The molecule has 1 unspecified atom stereocenters. The molecule has 2 nitrogen and oxygen atoms in total. The summed E-state index contributed by atoms with van der Waals surface area (Å²) in [5, 5.41) is 3.53. The van der Waals surface area contributed by atoms with Gasteiger partial charge in [-0.3, -0.25) is 4.98 Å². The molecular formula is C13H14Br2N2S. The van der Waals surface area contributed by atoms with Gasteiger partial charge in [-0.1, -0.05) is 6.92 Å². The number of aromatic nitrogens is 1. The largest absolute Gasteiger partial charge is 0.309 e. The summed E-state index contributed by atoms with van der Waals surface area (Å²) in [5.41, 5.74) is 1.24. The second-order valence-electron chi connectivity index (χ2n) is 3.97. The summed E-state index contributed by atoms with van der Waals surface area (Å²) in [6, 6.07) is 6.75. The van der Waals surface area contributed by atoms with Crippen LogP contribution in [0.3, 0.4) is 0 Å². The number of nitrogens with one attached hydrogen (secondary N) is 1. The SMILES string of the molecule is CCNC(Cc1cncc(Br)c1)c1ccc(Br)s1. The molecule has 0 amide bonds. The molecule has 0 aliphatic rings. The van der Waals surface area contributed by atoms with Gasteiger partial charge >= 0.3 is 0 Å². The van der Waals surface area contributed by atoms with E-state index in [1.807, 2.05) is 12.4 Å². The molecule has 0 saturated heterocycles. The Morgan fingerprint density at radius 3 is 2.78 bits per heavy atom. The molecule has 1 atom stereocenters. The highest BCUT2D eigenvalue weighted by Gasteiger charge is 2.13. The maximum absolute atomic E-state index is 4.22. The summed E-state index contributed by atoms with van der Waals surface area (Å²) in [4.78, 5) is 5.57. The molecule has 0 saturated carbocycles. The van der Waals surface area contributed by atoms with Crippen LogP contribution in [-0.4, -0.2) is 11.5 Å². The van der Waals surface area contributed by atoms with Crippen molar-refractivity contribution in [2.24, 2.45) is 0 Å². The van der Waals surface area contributed by atoms with E-state index in [2.05, 4.69) is 67.3 Å². The molecule has 0 aliphatic carbocycles. The van der Waals surface area contributed by atoms with E-state index in [9.17, 15) is 0 Å². The average Bonchev–Trinajstić information content (AvgIpc) is 2.75. The Hall–Kier alpha value is -0.230. The second kappa shape index (κ2) is 6.80. The first-order valence-electron chi connectivity index (χ1n) is 5.77. The third-order valence-electron chi connectivity index (χ3n) is 2.59. The van der Waals surface area contributed by atoms with Crippen LogP contribution in [0.5, 0.6) is 0 Å². The van der Waals surface area contributed by atoms with Crippen LogP contribution < -0.4 is 5.32 Å². The molecule has 2 aromatic heterocycles. The molecule has 18 heavy (non-hydrogen) atoms. The van der Waals surface area contributed by atoms with Crippen molar-refractivity contribution in [3.8, 4) is 0 Å². The number of nitrogens with zero attached hydrogens (tertiary/aromatic N) is 1.